The smallest absolute Gasteiger partial charge is 0.163 e. The number of aromatic amines is 1. The number of ether oxygens (including phenoxy) is 2. The van der Waals surface area contributed by atoms with Gasteiger partial charge >= 0.3 is 0 Å². The van der Waals surface area contributed by atoms with E-state index in [1.807, 2.05) is 24.4 Å². The van der Waals surface area contributed by atoms with Crippen LogP contribution in [0.1, 0.15) is 25.7 Å². The summed E-state index contributed by atoms with van der Waals surface area (Å²) >= 11 is 0. The van der Waals surface area contributed by atoms with E-state index in [0.29, 0.717) is 13.2 Å². The zero-order valence-electron chi connectivity index (χ0n) is 18.0. The van der Waals surface area contributed by atoms with Gasteiger partial charge < -0.3 is 29.4 Å². The molecular weight excluding hydrogens is 416 g/mol. The van der Waals surface area contributed by atoms with Crippen molar-refractivity contribution in [3.05, 3.63) is 24.4 Å². The predicted octanol–water partition coefficient (Wildman–Crippen LogP) is 3.58. The molecule has 2 N–H and O–H groups in total. The van der Waals surface area contributed by atoms with Crippen LogP contribution in [0.15, 0.2) is 24.4 Å². The normalized spacial score (nSPS) is 19.3. The molecule has 0 bridgehead atoms. The van der Waals surface area contributed by atoms with Crippen LogP contribution < -0.4 is 14.4 Å². The highest BCUT2D eigenvalue weighted by Gasteiger charge is 2.24. The van der Waals surface area contributed by atoms with Gasteiger partial charge in [0.15, 0.2) is 11.5 Å². The molecule has 5 rings (SSSR count). The summed E-state index contributed by atoms with van der Waals surface area (Å²) in [4.78, 5) is 12.8. The fourth-order valence-corrected chi connectivity index (χ4v) is 4.76. The Kier molecular flexibility index (Phi) is 6.74. The van der Waals surface area contributed by atoms with E-state index >= 15 is 0 Å². The van der Waals surface area contributed by atoms with Gasteiger partial charge in [-0.05, 0) is 50.9 Å². The largest absolute Gasteiger partial charge is 0.493 e. The third-order valence-corrected chi connectivity index (χ3v) is 6.31. The monoisotopic (exact) mass is 446 g/mol. The molecule has 1 atom stereocenters. The van der Waals surface area contributed by atoms with Crippen molar-refractivity contribution >= 4 is 40.0 Å². The summed E-state index contributed by atoms with van der Waals surface area (Å²) < 4.78 is 11.8. The van der Waals surface area contributed by atoms with Gasteiger partial charge in [0.1, 0.15) is 5.82 Å². The van der Waals surface area contributed by atoms with Crippen LogP contribution in [-0.4, -0.2) is 72.5 Å². The number of likely N-dealkylation sites (tertiary alicyclic amines) is 1. The summed E-state index contributed by atoms with van der Waals surface area (Å²) in [6.45, 7) is 5.64. The fourth-order valence-electron chi connectivity index (χ4n) is 4.76. The van der Waals surface area contributed by atoms with Gasteiger partial charge in [-0.3, -0.25) is 0 Å². The topological polar surface area (TPSA) is 73.9 Å². The molecule has 0 aliphatic carbocycles. The lowest BCUT2D eigenvalue weighted by Gasteiger charge is -2.18. The van der Waals surface area contributed by atoms with Gasteiger partial charge in [0.05, 0.1) is 36.2 Å². The number of H-pyrrole nitrogens is 1. The molecule has 2 aliphatic heterocycles. The van der Waals surface area contributed by atoms with Gasteiger partial charge in [0.25, 0.3) is 0 Å². The van der Waals surface area contributed by atoms with Gasteiger partial charge in [-0.25, -0.2) is 4.98 Å². The van der Waals surface area contributed by atoms with E-state index in [2.05, 4.69) is 19.8 Å². The van der Waals surface area contributed by atoms with Crippen molar-refractivity contribution in [2.45, 2.75) is 31.8 Å². The van der Waals surface area contributed by atoms with Crippen molar-refractivity contribution < 1.29 is 14.6 Å². The number of hydrogen-bond donors (Lipinski definition) is 2. The quantitative estimate of drug-likeness (QED) is 0.540. The van der Waals surface area contributed by atoms with Crippen molar-refractivity contribution in [2.75, 3.05) is 51.3 Å². The van der Waals surface area contributed by atoms with Crippen LogP contribution in [0.5, 0.6) is 11.5 Å². The van der Waals surface area contributed by atoms with E-state index in [4.69, 9.17) is 9.47 Å². The van der Waals surface area contributed by atoms with Crippen molar-refractivity contribution in [1.82, 2.24) is 14.9 Å². The molecule has 0 spiro atoms. The Morgan fingerprint density at radius 2 is 2.00 bits per heavy atom. The molecule has 0 saturated carbocycles. The minimum absolute atomic E-state index is 0. The number of nitrogens with one attached hydrogen (secondary N) is 1. The molecule has 31 heavy (non-hydrogen) atoms. The predicted molar refractivity (Wildman–Crippen MR) is 126 cm³/mol. The first-order valence-electron chi connectivity index (χ1n) is 11.0. The first-order valence-corrected chi connectivity index (χ1v) is 11.0. The zero-order chi connectivity index (χ0) is 20.5. The molecule has 0 unspecified atom stereocenters. The van der Waals surface area contributed by atoms with E-state index < -0.39 is 0 Å². The van der Waals surface area contributed by atoms with E-state index in [1.165, 1.54) is 25.9 Å². The maximum absolute atomic E-state index is 9.97. The standard InChI is InChI=1S/C23H30N4O3.ClH/c1-29-20-13-17-19(14-21(20)30-12-4-10-26-8-2-3-9-26)25-18-5-7-24-23(22(17)18)27-11-6-16(28)15-27;/h5,7,13-14,16,25,28H,2-4,6,8-12,15H2,1H3;1H/t16-;/m0./s1. The number of aliphatic hydroxyl groups is 1. The highest BCUT2D eigenvalue weighted by molar-refractivity contribution is 6.13. The van der Waals surface area contributed by atoms with Gasteiger partial charge in [-0.15, -0.1) is 12.4 Å². The van der Waals surface area contributed by atoms with Crippen molar-refractivity contribution in [1.29, 1.82) is 0 Å². The number of methoxy groups -OCH3 is 1. The van der Waals surface area contributed by atoms with Gasteiger partial charge in [-0.2, -0.15) is 0 Å². The molecule has 0 amide bonds. The summed E-state index contributed by atoms with van der Waals surface area (Å²) in [5.74, 6) is 2.42. The van der Waals surface area contributed by atoms with Crippen LogP contribution in [0, 0.1) is 0 Å². The third kappa shape index (κ3) is 4.40. The third-order valence-electron chi connectivity index (χ3n) is 6.31. The van der Waals surface area contributed by atoms with Crippen LogP contribution >= 0.6 is 12.4 Å². The Labute approximate surface area is 188 Å². The lowest BCUT2D eigenvalue weighted by molar-refractivity contribution is 0.198. The molecule has 4 heterocycles. The molecule has 7 nitrogen and oxygen atoms in total. The molecule has 0 radical (unpaired) electrons. The van der Waals surface area contributed by atoms with Gasteiger partial charge in [0.2, 0.25) is 0 Å². The number of nitrogens with zero attached hydrogens (tertiary/aromatic N) is 3. The minimum Gasteiger partial charge on any atom is -0.493 e. The molecule has 2 aliphatic rings. The Morgan fingerprint density at radius 3 is 2.74 bits per heavy atom. The second-order valence-corrected chi connectivity index (χ2v) is 8.37. The number of rotatable bonds is 7. The van der Waals surface area contributed by atoms with Crippen molar-refractivity contribution in [3.63, 3.8) is 0 Å². The molecular formula is C23H31ClN4O3. The summed E-state index contributed by atoms with van der Waals surface area (Å²) in [6.07, 6.45) is 5.96. The van der Waals surface area contributed by atoms with Crippen LogP contribution in [-0.2, 0) is 0 Å². The number of hydrogen-bond acceptors (Lipinski definition) is 6. The van der Waals surface area contributed by atoms with E-state index in [-0.39, 0.29) is 18.5 Å². The fraction of sp³-hybridized carbons (Fsp3) is 0.522. The zero-order valence-corrected chi connectivity index (χ0v) is 18.8. The average Bonchev–Trinajstić information content (AvgIpc) is 3.49. The van der Waals surface area contributed by atoms with Crippen LogP contribution in [0.3, 0.4) is 0 Å². The molecule has 2 aromatic heterocycles. The Morgan fingerprint density at radius 1 is 1.16 bits per heavy atom. The second-order valence-electron chi connectivity index (χ2n) is 8.37. The first kappa shape index (κ1) is 22.0. The number of benzene rings is 1. The highest BCUT2D eigenvalue weighted by Crippen LogP contribution is 2.39. The lowest BCUT2D eigenvalue weighted by atomic mass is 10.1. The highest BCUT2D eigenvalue weighted by atomic mass is 35.5. The van der Waals surface area contributed by atoms with Gasteiger partial charge in [-0.1, -0.05) is 0 Å². The molecule has 8 heteroatoms. The lowest BCUT2D eigenvalue weighted by Crippen LogP contribution is -2.22. The minimum atomic E-state index is -0.289. The average molecular weight is 447 g/mol. The SMILES string of the molecule is COc1cc2c(cc1OCCCN1CCCC1)[nH]c1ccnc(N3CC[C@H](O)C3)c12.Cl. The number of β-amino-alcohol motifs (C(OH)–C–C–N with tert-alkyl or cyclic N) is 1. The molecule has 2 saturated heterocycles. The van der Waals surface area contributed by atoms with E-state index in [1.54, 1.807) is 7.11 Å². The number of aromatic nitrogens is 2. The summed E-state index contributed by atoms with van der Waals surface area (Å²) in [5, 5.41) is 12.1. The number of anilines is 1. The molecule has 3 aromatic rings. The molecule has 2 fully saturated rings. The van der Waals surface area contributed by atoms with E-state index in [9.17, 15) is 5.11 Å². The Balaban J connectivity index is 0.00000231. The van der Waals surface area contributed by atoms with Crippen molar-refractivity contribution in [3.8, 4) is 11.5 Å². The van der Waals surface area contributed by atoms with E-state index in [0.717, 1.165) is 65.1 Å². The van der Waals surface area contributed by atoms with Crippen LogP contribution in [0.2, 0.25) is 0 Å². The van der Waals surface area contributed by atoms with Crippen LogP contribution in [0.25, 0.3) is 21.8 Å². The maximum atomic E-state index is 9.97. The second kappa shape index (κ2) is 9.51. The summed E-state index contributed by atoms with van der Waals surface area (Å²) in [6, 6.07) is 6.07. The number of pyridine rings is 1. The summed E-state index contributed by atoms with van der Waals surface area (Å²) in [5.41, 5.74) is 2.04. The Bertz CT molecular complexity index is 1030. The number of fused-ring (bicyclic) bond motifs is 3. The molecule has 168 valence electrons. The maximum Gasteiger partial charge on any atom is 0.163 e. The number of halogens is 1. The molecule has 1 aromatic carbocycles. The first-order chi connectivity index (χ1) is 14.7. The number of aliphatic hydroxyl groups excluding tert-OH is 1. The van der Waals surface area contributed by atoms with Crippen LogP contribution in [0.4, 0.5) is 5.82 Å². The Hall–Kier alpha value is -2.22. The van der Waals surface area contributed by atoms with Gasteiger partial charge in [0, 0.05) is 37.3 Å². The van der Waals surface area contributed by atoms with Crippen molar-refractivity contribution in [2.24, 2.45) is 0 Å². The summed E-state index contributed by atoms with van der Waals surface area (Å²) in [7, 11) is 1.68.